The van der Waals surface area contributed by atoms with E-state index in [2.05, 4.69) is 5.32 Å². The fourth-order valence-corrected chi connectivity index (χ4v) is 3.41. The third-order valence-electron chi connectivity index (χ3n) is 4.57. The van der Waals surface area contributed by atoms with Gasteiger partial charge in [-0.2, -0.15) is 0 Å². The van der Waals surface area contributed by atoms with Gasteiger partial charge in [0.2, 0.25) is 0 Å². The number of ether oxygens (including phenoxy) is 1. The molecule has 1 unspecified atom stereocenters. The summed E-state index contributed by atoms with van der Waals surface area (Å²) in [5.74, 6) is 0.751. The van der Waals surface area contributed by atoms with Crippen molar-refractivity contribution in [2.45, 2.75) is 57.0 Å². The molecule has 0 radical (unpaired) electrons. The highest BCUT2D eigenvalue weighted by molar-refractivity contribution is 5.77. The maximum atomic E-state index is 11.9. The molecule has 21 heavy (non-hydrogen) atoms. The maximum absolute atomic E-state index is 11.9. The summed E-state index contributed by atoms with van der Waals surface area (Å²) in [6.07, 6.45) is 7.87. The van der Waals surface area contributed by atoms with Crippen LogP contribution in [0.4, 0.5) is 0 Å². The van der Waals surface area contributed by atoms with Crippen LogP contribution < -0.4 is 15.8 Å². The van der Waals surface area contributed by atoms with Gasteiger partial charge in [-0.1, -0.05) is 18.9 Å². The van der Waals surface area contributed by atoms with Gasteiger partial charge in [0.1, 0.15) is 5.75 Å². The van der Waals surface area contributed by atoms with Crippen LogP contribution in [0.2, 0.25) is 0 Å². The number of aryl methyl sites for hydroxylation is 1. The molecule has 1 amide bonds. The molecule has 2 aliphatic rings. The molecule has 1 fully saturated rings. The van der Waals surface area contributed by atoms with Crippen molar-refractivity contribution >= 4 is 5.91 Å². The summed E-state index contributed by atoms with van der Waals surface area (Å²) in [5, 5.41) is 3.03. The fourth-order valence-electron chi connectivity index (χ4n) is 3.41. The Morgan fingerprint density at radius 2 is 2.05 bits per heavy atom. The first-order valence-corrected chi connectivity index (χ1v) is 8.03. The van der Waals surface area contributed by atoms with Crippen molar-refractivity contribution in [3.05, 3.63) is 29.3 Å². The van der Waals surface area contributed by atoms with E-state index >= 15 is 0 Å². The van der Waals surface area contributed by atoms with Gasteiger partial charge in [0.15, 0.2) is 6.61 Å². The topological polar surface area (TPSA) is 64.3 Å². The SMILES string of the molecule is NC1CCCc2cc(OCC(=O)NC3CCCC3)ccc21. The number of nitrogens with two attached hydrogens (primary N) is 1. The lowest BCUT2D eigenvalue weighted by Gasteiger charge is -2.22. The number of hydrogen-bond acceptors (Lipinski definition) is 3. The lowest BCUT2D eigenvalue weighted by Crippen LogP contribution is -2.36. The van der Waals surface area contributed by atoms with Crippen LogP contribution in [0.5, 0.6) is 5.75 Å². The summed E-state index contributed by atoms with van der Waals surface area (Å²) >= 11 is 0. The average molecular weight is 288 g/mol. The quantitative estimate of drug-likeness (QED) is 0.894. The van der Waals surface area contributed by atoms with Gasteiger partial charge in [-0.05, 0) is 55.4 Å². The highest BCUT2D eigenvalue weighted by Gasteiger charge is 2.19. The molecule has 4 heteroatoms. The van der Waals surface area contributed by atoms with Crippen molar-refractivity contribution in [2.75, 3.05) is 6.61 Å². The van der Waals surface area contributed by atoms with Crippen molar-refractivity contribution in [3.8, 4) is 5.75 Å². The molecule has 0 bridgehead atoms. The van der Waals surface area contributed by atoms with Crippen molar-refractivity contribution < 1.29 is 9.53 Å². The largest absolute Gasteiger partial charge is 0.484 e. The standard InChI is InChI=1S/C17H24N2O2/c18-16-7-3-4-12-10-14(8-9-15(12)16)21-11-17(20)19-13-5-1-2-6-13/h8-10,13,16H,1-7,11,18H2,(H,19,20). The molecule has 114 valence electrons. The summed E-state index contributed by atoms with van der Waals surface area (Å²) in [5.41, 5.74) is 8.60. The van der Waals surface area contributed by atoms with Crippen LogP contribution in [-0.2, 0) is 11.2 Å². The summed E-state index contributed by atoms with van der Waals surface area (Å²) in [6.45, 7) is 0.0986. The van der Waals surface area contributed by atoms with Crippen LogP contribution in [0, 0.1) is 0 Å². The Morgan fingerprint density at radius 3 is 2.86 bits per heavy atom. The molecule has 0 heterocycles. The van der Waals surface area contributed by atoms with Crippen LogP contribution in [0.3, 0.4) is 0 Å². The van der Waals surface area contributed by atoms with Crippen LogP contribution in [-0.4, -0.2) is 18.6 Å². The average Bonchev–Trinajstić information content (AvgIpc) is 2.98. The van der Waals surface area contributed by atoms with E-state index in [-0.39, 0.29) is 18.6 Å². The normalized spacial score (nSPS) is 21.9. The molecular formula is C17H24N2O2. The van der Waals surface area contributed by atoms with Crippen molar-refractivity contribution in [3.63, 3.8) is 0 Å². The van der Waals surface area contributed by atoms with Gasteiger partial charge in [0.05, 0.1) is 0 Å². The number of benzene rings is 1. The minimum absolute atomic E-state index is 0.0173. The van der Waals surface area contributed by atoms with Gasteiger partial charge >= 0.3 is 0 Å². The minimum atomic E-state index is -0.0173. The Bertz CT molecular complexity index is 510. The van der Waals surface area contributed by atoms with E-state index in [1.807, 2.05) is 18.2 Å². The molecule has 0 aliphatic heterocycles. The summed E-state index contributed by atoms with van der Waals surface area (Å²) in [4.78, 5) is 11.9. The Kier molecular flexibility index (Phi) is 4.44. The van der Waals surface area contributed by atoms with Crippen LogP contribution in [0.1, 0.15) is 55.7 Å². The van der Waals surface area contributed by atoms with E-state index in [0.29, 0.717) is 6.04 Å². The Balaban J connectivity index is 1.54. The lowest BCUT2D eigenvalue weighted by atomic mass is 9.88. The first-order valence-electron chi connectivity index (χ1n) is 8.03. The second kappa shape index (κ2) is 6.48. The number of fused-ring (bicyclic) bond motifs is 1. The molecule has 1 atom stereocenters. The number of carbonyl (C=O) groups excluding carboxylic acids is 1. The Morgan fingerprint density at radius 1 is 1.24 bits per heavy atom. The van der Waals surface area contributed by atoms with Crippen molar-refractivity contribution in [1.82, 2.24) is 5.32 Å². The molecule has 1 saturated carbocycles. The highest BCUT2D eigenvalue weighted by atomic mass is 16.5. The molecule has 4 nitrogen and oxygen atoms in total. The van der Waals surface area contributed by atoms with Crippen LogP contribution >= 0.6 is 0 Å². The zero-order valence-corrected chi connectivity index (χ0v) is 12.4. The summed E-state index contributed by atoms with van der Waals surface area (Å²) < 4.78 is 5.63. The van der Waals surface area contributed by atoms with Crippen LogP contribution in [0.15, 0.2) is 18.2 Å². The second-order valence-corrected chi connectivity index (χ2v) is 6.20. The lowest BCUT2D eigenvalue weighted by molar-refractivity contribution is -0.123. The maximum Gasteiger partial charge on any atom is 0.258 e. The number of hydrogen-bond donors (Lipinski definition) is 2. The minimum Gasteiger partial charge on any atom is -0.484 e. The molecule has 0 spiro atoms. The first-order chi connectivity index (χ1) is 10.2. The number of rotatable bonds is 4. The number of carbonyl (C=O) groups is 1. The van der Waals surface area contributed by atoms with E-state index in [0.717, 1.165) is 37.9 Å². The second-order valence-electron chi connectivity index (χ2n) is 6.20. The Hall–Kier alpha value is -1.55. The molecule has 1 aromatic rings. The molecule has 0 saturated heterocycles. The van der Waals surface area contributed by atoms with Gasteiger partial charge in [-0.15, -0.1) is 0 Å². The summed E-state index contributed by atoms with van der Waals surface area (Å²) in [7, 11) is 0. The molecule has 3 rings (SSSR count). The smallest absolute Gasteiger partial charge is 0.258 e. The summed E-state index contributed by atoms with van der Waals surface area (Å²) in [6, 6.07) is 6.50. The van der Waals surface area contributed by atoms with Gasteiger partial charge in [-0.25, -0.2) is 0 Å². The van der Waals surface area contributed by atoms with E-state index in [1.54, 1.807) is 0 Å². The third kappa shape index (κ3) is 3.56. The van der Waals surface area contributed by atoms with Gasteiger partial charge in [-0.3, -0.25) is 4.79 Å². The van der Waals surface area contributed by atoms with E-state index in [1.165, 1.54) is 24.0 Å². The fraction of sp³-hybridized carbons (Fsp3) is 0.588. The monoisotopic (exact) mass is 288 g/mol. The first kappa shape index (κ1) is 14.4. The third-order valence-corrected chi connectivity index (χ3v) is 4.57. The molecular weight excluding hydrogens is 264 g/mol. The predicted octanol–water partition coefficient (Wildman–Crippen LogP) is 2.46. The zero-order chi connectivity index (χ0) is 14.7. The van der Waals surface area contributed by atoms with E-state index < -0.39 is 0 Å². The molecule has 0 aromatic heterocycles. The van der Waals surface area contributed by atoms with Gasteiger partial charge < -0.3 is 15.8 Å². The molecule has 1 aromatic carbocycles. The highest BCUT2D eigenvalue weighted by Crippen LogP contribution is 2.30. The Labute approximate surface area is 126 Å². The zero-order valence-electron chi connectivity index (χ0n) is 12.4. The van der Waals surface area contributed by atoms with Crippen molar-refractivity contribution in [1.29, 1.82) is 0 Å². The number of nitrogens with one attached hydrogen (secondary N) is 1. The van der Waals surface area contributed by atoms with Gasteiger partial charge in [0, 0.05) is 12.1 Å². The molecule has 3 N–H and O–H groups in total. The van der Waals surface area contributed by atoms with E-state index in [9.17, 15) is 4.79 Å². The van der Waals surface area contributed by atoms with Crippen molar-refractivity contribution in [2.24, 2.45) is 5.73 Å². The van der Waals surface area contributed by atoms with Gasteiger partial charge in [0.25, 0.3) is 5.91 Å². The predicted molar refractivity (Wildman–Crippen MR) is 82.2 cm³/mol. The number of amides is 1. The van der Waals surface area contributed by atoms with E-state index in [4.69, 9.17) is 10.5 Å². The van der Waals surface area contributed by atoms with Crippen LogP contribution in [0.25, 0.3) is 0 Å². The molecule has 2 aliphatic carbocycles.